The molecule has 5 heteroatoms. The van der Waals surface area contributed by atoms with Crippen LogP contribution in [0.5, 0.6) is 0 Å². The van der Waals surface area contributed by atoms with E-state index in [1.165, 1.54) is 0 Å². The molecule has 1 aliphatic heterocycles. The van der Waals surface area contributed by atoms with E-state index in [0.717, 1.165) is 25.7 Å². The number of carbonyl (C=O) groups is 2. The van der Waals surface area contributed by atoms with Gasteiger partial charge in [0.1, 0.15) is 6.04 Å². The van der Waals surface area contributed by atoms with E-state index >= 15 is 0 Å². The van der Waals surface area contributed by atoms with E-state index in [-0.39, 0.29) is 17.7 Å². The molecule has 0 aromatic rings. The normalized spacial score (nSPS) is 29.4. The van der Waals surface area contributed by atoms with Crippen molar-refractivity contribution in [3.05, 3.63) is 0 Å². The summed E-state index contributed by atoms with van der Waals surface area (Å²) in [5.74, 6) is 0.886. The molecule has 5 nitrogen and oxygen atoms in total. The lowest BCUT2D eigenvalue weighted by molar-refractivity contribution is -0.140. The summed E-state index contributed by atoms with van der Waals surface area (Å²) in [5.41, 5.74) is 0. The summed E-state index contributed by atoms with van der Waals surface area (Å²) in [6.45, 7) is 7.37. The summed E-state index contributed by atoms with van der Waals surface area (Å²) < 4.78 is 0. The molecule has 2 aliphatic rings. The second-order valence-electron chi connectivity index (χ2n) is 7.02. The molecule has 1 heterocycles. The fourth-order valence-corrected chi connectivity index (χ4v) is 3.13. The molecule has 21 heavy (non-hydrogen) atoms. The maximum atomic E-state index is 12.7. The smallest absolute Gasteiger partial charge is 0.247 e. The van der Waals surface area contributed by atoms with Crippen LogP contribution in [0.2, 0.25) is 0 Å². The van der Waals surface area contributed by atoms with Crippen molar-refractivity contribution in [2.45, 2.75) is 58.6 Å². The Hall–Kier alpha value is -1.10. The Morgan fingerprint density at radius 1 is 1.19 bits per heavy atom. The lowest BCUT2D eigenvalue weighted by Crippen LogP contribution is -2.54. The van der Waals surface area contributed by atoms with Gasteiger partial charge in [0.15, 0.2) is 0 Å². The number of likely N-dealkylation sites (tertiary alicyclic amines) is 1. The van der Waals surface area contributed by atoms with Crippen molar-refractivity contribution >= 4 is 11.8 Å². The third-order valence-electron chi connectivity index (χ3n) is 4.53. The molecule has 0 spiro atoms. The zero-order valence-electron chi connectivity index (χ0n) is 13.3. The van der Waals surface area contributed by atoms with E-state index in [9.17, 15) is 14.7 Å². The molecule has 2 fully saturated rings. The summed E-state index contributed by atoms with van der Waals surface area (Å²) in [5, 5.41) is 12.6. The van der Waals surface area contributed by atoms with Crippen LogP contribution in [0.3, 0.4) is 0 Å². The number of carbonyl (C=O) groups excluding carboxylic acids is 2. The standard InChI is InChI=1S/C16H28N2O3/c1-10-6-7-18(9-11(2)8-10)16(21)14(12(3)19)17-15(20)13-4-5-13/h10-14,19H,4-9H2,1-3H3,(H,17,20). The molecule has 2 N–H and O–H groups in total. The van der Waals surface area contributed by atoms with E-state index in [1.807, 2.05) is 4.90 Å². The molecule has 0 radical (unpaired) electrons. The van der Waals surface area contributed by atoms with E-state index in [2.05, 4.69) is 19.2 Å². The van der Waals surface area contributed by atoms with E-state index in [0.29, 0.717) is 24.9 Å². The van der Waals surface area contributed by atoms with Crippen molar-refractivity contribution in [2.75, 3.05) is 13.1 Å². The number of hydrogen-bond acceptors (Lipinski definition) is 3. The van der Waals surface area contributed by atoms with Crippen LogP contribution in [0.15, 0.2) is 0 Å². The van der Waals surface area contributed by atoms with E-state index in [1.54, 1.807) is 6.92 Å². The van der Waals surface area contributed by atoms with Gasteiger partial charge in [0.2, 0.25) is 11.8 Å². The lowest BCUT2D eigenvalue weighted by Gasteiger charge is -2.29. The van der Waals surface area contributed by atoms with Crippen molar-refractivity contribution in [1.82, 2.24) is 10.2 Å². The highest BCUT2D eigenvalue weighted by Gasteiger charge is 2.36. The van der Waals surface area contributed by atoms with Crippen LogP contribution in [-0.2, 0) is 9.59 Å². The van der Waals surface area contributed by atoms with Crippen molar-refractivity contribution in [1.29, 1.82) is 0 Å². The SMILES string of the molecule is CC1CCN(C(=O)C(NC(=O)C2CC2)C(C)O)CC(C)C1. The van der Waals surface area contributed by atoms with Crippen molar-refractivity contribution in [3.8, 4) is 0 Å². The average molecular weight is 296 g/mol. The molecule has 2 rings (SSSR count). The third-order valence-corrected chi connectivity index (χ3v) is 4.53. The first-order chi connectivity index (χ1) is 9.88. The first-order valence-electron chi connectivity index (χ1n) is 8.15. The molecule has 0 bridgehead atoms. The van der Waals surface area contributed by atoms with Gasteiger partial charge in [0.25, 0.3) is 0 Å². The Morgan fingerprint density at radius 3 is 2.43 bits per heavy atom. The number of amides is 2. The fourth-order valence-electron chi connectivity index (χ4n) is 3.13. The van der Waals surface area contributed by atoms with Crippen molar-refractivity contribution in [2.24, 2.45) is 17.8 Å². The van der Waals surface area contributed by atoms with Gasteiger partial charge in [-0.15, -0.1) is 0 Å². The molecule has 120 valence electrons. The Morgan fingerprint density at radius 2 is 1.86 bits per heavy atom. The summed E-state index contributed by atoms with van der Waals surface area (Å²) in [7, 11) is 0. The quantitative estimate of drug-likeness (QED) is 0.818. The maximum Gasteiger partial charge on any atom is 0.247 e. The number of aliphatic hydroxyl groups excluding tert-OH is 1. The molecule has 4 unspecified atom stereocenters. The van der Waals surface area contributed by atoms with Crippen LogP contribution in [0.1, 0.15) is 46.5 Å². The highest BCUT2D eigenvalue weighted by atomic mass is 16.3. The zero-order valence-corrected chi connectivity index (χ0v) is 13.3. The van der Waals surface area contributed by atoms with Gasteiger partial charge in [-0.3, -0.25) is 9.59 Å². The molecule has 2 amide bonds. The van der Waals surface area contributed by atoms with Crippen LogP contribution >= 0.6 is 0 Å². The van der Waals surface area contributed by atoms with E-state index in [4.69, 9.17) is 0 Å². The van der Waals surface area contributed by atoms with Crippen LogP contribution in [0.25, 0.3) is 0 Å². The molecule has 1 aliphatic carbocycles. The van der Waals surface area contributed by atoms with Gasteiger partial charge in [-0.25, -0.2) is 0 Å². The number of nitrogens with one attached hydrogen (secondary N) is 1. The summed E-state index contributed by atoms with van der Waals surface area (Å²) in [4.78, 5) is 26.4. The summed E-state index contributed by atoms with van der Waals surface area (Å²) in [6, 6.07) is -0.807. The maximum absolute atomic E-state index is 12.7. The molecule has 0 aromatic heterocycles. The Labute approximate surface area is 127 Å². The predicted octanol–water partition coefficient (Wildman–Crippen LogP) is 1.16. The lowest BCUT2D eigenvalue weighted by atomic mass is 9.97. The monoisotopic (exact) mass is 296 g/mol. The molecular weight excluding hydrogens is 268 g/mol. The van der Waals surface area contributed by atoms with Crippen LogP contribution < -0.4 is 5.32 Å². The average Bonchev–Trinajstić information content (AvgIpc) is 3.22. The first-order valence-corrected chi connectivity index (χ1v) is 8.15. The number of aliphatic hydroxyl groups is 1. The summed E-state index contributed by atoms with van der Waals surface area (Å²) in [6.07, 6.45) is 3.03. The molecule has 1 saturated heterocycles. The summed E-state index contributed by atoms with van der Waals surface area (Å²) >= 11 is 0. The highest BCUT2D eigenvalue weighted by Crippen LogP contribution is 2.29. The number of nitrogens with zero attached hydrogens (tertiary/aromatic N) is 1. The number of rotatable bonds is 4. The van der Waals surface area contributed by atoms with Gasteiger partial charge in [-0.1, -0.05) is 13.8 Å². The molecule has 0 aromatic carbocycles. The third kappa shape index (κ3) is 4.43. The minimum atomic E-state index is -0.865. The minimum absolute atomic E-state index is 0.0436. The second kappa shape index (κ2) is 6.77. The Bertz CT molecular complexity index is 393. The van der Waals surface area contributed by atoms with Gasteiger partial charge < -0.3 is 15.3 Å². The van der Waals surface area contributed by atoms with Gasteiger partial charge in [-0.05, 0) is 44.4 Å². The van der Waals surface area contributed by atoms with Crippen LogP contribution in [0.4, 0.5) is 0 Å². The van der Waals surface area contributed by atoms with Gasteiger partial charge in [-0.2, -0.15) is 0 Å². The largest absolute Gasteiger partial charge is 0.391 e. The van der Waals surface area contributed by atoms with Gasteiger partial charge in [0.05, 0.1) is 6.10 Å². The van der Waals surface area contributed by atoms with Gasteiger partial charge in [0, 0.05) is 19.0 Å². The number of hydrogen-bond donors (Lipinski definition) is 2. The molecule has 4 atom stereocenters. The highest BCUT2D eigenvalue weighted by molar-refractivity contribution is 5.89. The molecular formula is C16H28N2O3. The zero-order chi connectivity index (χ0) is 15.6. The predicted molar refractivity (Wildman–Crippen MR) is 80.5 cm³/mol. The molecule has 1 saturated carbocycles. The minimum Gasteiger partial charge on any atom is -0.391 e. The fraction of sp³-hybridized carbons (Fsp3) is 0.875. The second-order valence-corrected chi connectivity index (χ2v) is 7.02. The van der Waals surface area contributed by atoms with Crippen LogP contribution in [0, 0.1) is 17.8 Å². The first kappa shape index (κ1) is 16.3. The topological polar surface area (TPSA) is 69.6 Å². The Balaban J connectivity index is 2.00. The van der Waals surface area contributed by atoms with Crippen LogP contribution in [-0.4, -0.2) is 47.1 Å². The van der Waals surface area contributed by atoms with Gasteiger partial charge >= 0.3 is 0 Å². The van der Waals surface area contributed by atoms with E-state index < -0.39 is 12.1 Å². The van der Waals surface area contributed by atoms with Crippen molar-refractivity contribution in [3.63, 3.8) is 0 Å². The van der Waals surface area contributed by atoms with Crippen molar-refractivity contribution < 1.29 is 14.7 Å². The Kier molecular flexibility index (Phi) is 5.25.